The zero-order valence-corrected chi connectivity index (χ0v) is 14.3. The summed E-state index contributed by atoms with van der Waals surface area (Å²) >= 11 is 3.68. The fourth-order valence-corrected chi connectivity index (χ4v) is 3.70. The summed E-state index contributed by atoms with van der Waals surface area (Å²) in [5.74, 6) is 0.502. The third-order valence-corrected chi connectivity index (χ3v) is 4.76. The van der Waals surface area contributed by atoms with Crippen LogP contribution in [-0.4, -0.2) is 0 Å². The minimum Gasteiger partial charge on any atom is -0.0766 e. The lowest BCUT2D eigenvalue weighted by Crippen LogP contribution is -1.97. The van der Waals surface area contributed by atoms with Gasteiger partial charge < -0.3 is 0 Å². The van der Waals surface area contributed by atoms with Crippen molar-refractivity contribution in [2.45, 2.75) is 39.0 Å². The standard InChI is InChI=1S/C20H21Br/c1-3-4-7-15-8-5-6-9-18(15)19-13-17(21)12-16-11-10-14(2)20(16)19/h5-6,8-14H,3-4,7H2,1-2H3. The molecule has 3 rings (SSSR count). The summed E-state index contributed by atoms with van der Waals surface area (Å²) in [6.07, 6.45) is 8.21. The number of hydrogen-bond acceptors (Lipinski definition) is 0. The topological polar surface area (TPSA) is 0 Å². The van der Waals surface area contributed by atoms with Gasteiger partial charge in [0.25, 0.3) is 0 Å². The van der Waals surface area contributed by atoms with Gasteiger partial charge in [0.05, 0.1) is 0 Å². The van der Waals surface area contributed by atoms with Gasteiger partial charge in [-0.2, -0.15) is 0 Å². The minimum absolute atomic E-state index is 0.502. The van der Waals surface area contributed by atoms with Crippen molar-refractivity contribution in [1.82, 2.24) is 0 Å². The first-order chi connectivity index (χ1) is 10.2. The molecule has 1 unspecified atom stereocenters. The molecule has 0 bridgehead atoms. The lowest BCUT2D eigenvalue weighted by atomic mass is 9.88. The van der Waals surface area contributed by atoms with Crippen LogP contribution in [-0.2, 0) is 6.42 Å². The summed E-state index contributed by atoms with van der Waals surface area (Å²) in [6.45, 7) is 4.54. The van der Waals surface area contributed by atoms with E-state index in [1.54, 1.807) is 0 Å². The zero-order valence-electron chi connectivity index (χ0n) is 12.7. The highest BCUT2D eigenvalue weighted by Gasteiger charge is 2.20. The smallest absolute Gasteiger partial charge is 0.0187 e. The van der Waals surface area contributed by atoms with Crippen molar-refractivity contribution in [3.05, 3.63) is 63.6 Å². The molecule has 0 aromatic heterocycles. The predicted molar refractivity (Wildman–Crippen MR) is 95.6 cm³/mol. The van der Waals surface area contributed by atoms with Gasteiger partial charge in [0.15, 0.2) is 0 Å². The molecule has 108 valence electrons. The second-order valence-electron chi connectivity index (χ2n) is 5.86. The molecule has 0 fully saturated rings. The van der Waals surface area contributed by atoms with Crippen molar-refractivity contribution in [3.8, 4) is 11.1 Å². The van der Waals surface area contributed by atoms with Crippen LogP contribution in [0.1, 0.15) is 49.3 Å². The van der Waals surface area contributed by atoms with E-state index in [-0.39, 0.29) is 0 Å². The maximum absolute atomic E-state index is 3.68. The SMILES string of the molecule is CCCCc1ccccc1-c1cc(Br)cc2c1C(C)C=C2. The number of rotatable bonds is 4. The highest BCUT2D eigenvalue weighted by Crippen LogP contribution is 2.41. The molecule has 0 aliphatic heterocycles. The van der Waals surface area contributed by atoms with Crippen molar-refractivity contribution in [1.29, 1.82) is 0 Å². The number of unbranched alkanes of at least 4 members (excludes halogenated alkanes) is 1. The summed E-state index contributed by atoms with van der Waals surface area (Å²) in [5.41, 5.74) is 7.10. The summed E-state index contributed by atoms with van der Waals surface area (Å²) in [6, 6.07) is 13.4. The number of fused-ring (bicyclic) bond motifs is 1. The van der Waals surface area contributed by atoms with Crippen LogP contribution in [0, 0.1) is 0 Å². The van der Waals surface area contributed by atoms with E-state index >= 15 is 0 Å². The Morgan fingerprint density at radius 2 is 1.90 bits per heavy atom. The molecule has 0 heterocycles. The summed E-state index contributed by atoms with van der Waals surface area (Å²) in [5, 5.41) is 0. The molecule has 0 amide bonds. The molecule has 1 aliphatic rings. The van der Waals surface area contributed by atoms with Crippen LogP contribution in [0.3, 0.4) is 0 Å². The van der Waals surface area contributed by atoms with Crippen molar-refractivity contribution in [2.75, 3.05) is 0 Å². The van der Waals surface area contributed by atoms with E-state index in [2.05, 4.69) is 78.3 Å². The first-order valence-electron chi connectivity index (χ1n) is 7.80. The number of hydrogen-bond donors (Lipinski definition) is 0. The third-order valence-electron chi connectivity index (χ3n) is 4.30. The fraction of sp³-hybridized carbons (Fsp3) is 0.300. The van der Waals surface area contributed by atoms with Gasteiger partial charge in [-0.3, -0.25) is 0 Å². The molecule has 2 aromatic carbocycles. The predicted octanol–water partition coefficient (Wildman–Crippen LogP) is 6.59. The van der Waals surface area contributed by atoms with Gasteiger partial charge in [-0.05, 0) is 52.8 Å². The van der Waals surface area contributed by atoms with Crippen molar-refractivity contribution < 1.29 is 0 Å². The lowest BCUT2D eigenvalue weighted by molar-refractivity contribution is 0.796. The second kappa shape index (κ2) is 6.19. The van der Waals surface area contributed by atoms with Crippen LogP contribution in [0.2, 0.25) is 0 Å². The Morgan fingerprint density at radius 3 is 2.71 bits per heavy atom. The van der Waals surface area contributed by atoms with Gasteiger partial charge in [-0.15, -0.1) is 0 Å². The van der Waals surface area contributed by atoms with Gasteiger partial charge in [0, 0.05) is 10.4 Å². The molecule has 1 aliphatic carbocycles. The Hall–Kier alpha value is -1.34. The molecule has 1 heteroatoms. The van der Waals surface area contributed by atoms with Crippen LogP contribution >= 0.6 is 15.9 Å². The zero-order chi connectivity index (χ0) is 14.8. The molecule has 0 nitrogen and oxygen atoms in total. The Morgan fingerprint density at radius 1 is 1.10 bits per heavy atom. The molecule has 1 atom stereocenters. The van der Waals surface area contributed by atoms with Gasteiger partial charge in [0.1, 0.15) is 0 Å². The maximum atomic E-state index is 3.68. The van der Waals surface area contributed by atoms with Crippen LogP contribution in [0.25, 0.3) is 17.2 Å². The fourth-order valence-electron chi connectivity index (χ4n) is 3.22. The van der Waals surface area contributed by atoms with E-state index in [0.717, 1.165) is 6.42 Å². The quantitative estimate of drug-likeness (QED) is 0.588. The molecule has 0 spiro atoms. The van der Waals surface area contributed by atoms with E-state index in [9.17, 15) is 0 Å². The van der Waals surface area contributed by atoms with Gasteiger partial charge in [0.2, 0.25) is 0 Å². The average molecular weight is 341 g/mol. The van der Waals surface area contributed by atoms with E-state index in [1.807, 2.05) is 0 Å². The Balaban J connectivity index is 2.14. The monoisotopic (exact) mass is 340 g/mol. The molecular formula is C20H21Br. The lowest BCUT2D eigenvalue weighted by Gasteiger charge is -2.17. The Kier molecular flexibility index (Phi) is 4.30. The third kappa shape index (κ3) is 2.85. The molecule has 0 N–H and O–H groups in total. The van der Waals surface area contributed by atoms with E-state index in [1.165, 1.54) is 45.1 Å². The Bertz CT molecular complexity index is 682. The minimum atomic E-state index is 0.502. The van der Waals surface area contributed by atoms with E-state index in [0.29, 0.717) is 5.92 Å². The van der Waals surface area contributed by atoms with Crippen molar-refractivity contribution >= 4 is 22.0 Å². The second-order valence-corrected chi connectivity index (χ2v) is 6.78. The molecule has 0 saturated carbocycles. The average Bonchev–Trinajstić information content (AvgIpc) is 2.86. The highest BCUT2D eigenvalue weighted by molar-refractivity contribution is 9.10. The number of allylic oxidation sites excluding steroid dienone is 1. The van der Waals surface area contributed by atoms with Gasteiger partial charge >= 0.3 is 0 Å². The van der Waals surface area contributed by atoms with Gasteiger partial charge in [-0.1, -0.05) is 72.6 Å². The normalized spacial score (nSPS) is 16.2. The number of benzene rings is 2. The van der Waals surface area contributed by atoms with Crippen LogP contribution in [0.4, 0.5) is 0 Å². The van der Waals surface area contributed by atoms with Crippen LogP contribution in [0.5, 0.6) is 0 Å². The number of halogens is 1. The molecule has 2 aromatic rings. The van der Waals surface area contributed by atoms with Crippen molar-refractivity contribution in [3.63, 3.8) is 0 Å². The molecular weight excluding hydrogens is 320 g/mol. The first-order valence-corrected chi connectivity index (χ1v) is 8.60. The summed E-state index contributed by atoms with van der Waals surface area (Å²) in [4.78, 5) is 0. The number of aryl methyl sites for hydroxylation is 1. The maximum Gasteiger partial charge on any atom is 0.0187 e. The molecule has 0 radical (unpaired) electrons. The van der Waals surface area contributed by atoms with Crippen LogP contribution in [0.15, 0.2) is 46.9 Å². The molecule has 21 heavy (non-hydrogen) atoms. The van der Waals surface area contributed by atoms with Crippen molar-refractivity contribution in [2.24, 2.45) is 0 Å². The Labute approximate surface area is 136 Å². The van der Waals surface area contributed by atoms with Crippen LogP contribution < -0.4 is 0 Å². The summed E-state index contributed by atoms with van der Waals surface area (Å²) < 4.78 is 1.17. The highest BCUT2D eigenvalue weighted by atomic mass is 79.9. The van der Waals surface area contributed by atoms with E-state index in [4.69, 9.17) is 0 Å². The van der Waals surface area contributed by atoms with Gasteiger partial charge in [-0.25, -0.2) is 0 Å². The first kappa shape index (κ1) is 14.6. The van der Waals surface area contributed by atoms with E-state index < -0.39 is 0 Å². The molecule has 0 saturated heterocycles. The summed E-state index contributed by atoms with van der Waals surface area (Å²) in [7, 11) is 0. The largest absolute Gasteiger partial charge is 0.0766 e.